The van der Waals surface area contributed by atoms with Gasteiger partial charge < -0.3 is 31.6 Å². The largest absolute Gasteiger partial charge is 0.490 e. The third kappa shape index (κ3) is 6.12. The molecule has 0 atom stereocenters. The average Bonchev–Trinajstić information content (AvgIpc) is 2.80. The van der Waals surface area contributed by atoms with E-state index in [2.05, 4.69) is 42.5 Å². The number of methoxy groups -OCH3 is 2. The molecule has 14 nitrogen and oxygen atoms in total. The van der Waals surface area contributed by atoms with E-state index in [0.29, 0.717) is 12.8 Å². The van der Waals surface area contributed by atoms with Gasteiger partial charge in [-0.2, -0.15) is 0 Å². The minimum absolute atomic E-state index is 0.111. The first-order valence-corrected chi connectivity index (χ1v) is 11.7. The van der Waals surface area contributed by atoms with Gasteiger partial charge in [-0.15, -0.1) is 0 Å². The molecule has 0 aromatic heterocycles. The lowest BCUT2D eigenvalue weighted by molar-refractivity contribution is -0.385. The molecule has 2 rings (SSSR count). The van der Waals surface area contributed by atoms with Crippen LogP contribution in [0.1, 0.15) is 33.6 Å². The van der Waals surface area contributed by atoms with E-state index < -0.39 is 33.0 Å². The van der Waals surface area contributed by atoms with Crippen molar-refractivity contribution in [2.75, 3.05) is 37.9 Å². The number of hydrogen-bond acceptors (Lipinski definition) is 10. The zero-order valence-electron chi connectivity index (χ0n) is 19.1. The molecule has 0 unspecified atom stereocenters. The summed E-state index contributed by atoms with van der Waals surface area (Å²) in [6.07, 6.45) is 0.997. The van der Waals surface area contributed by atoms with Crippen LogP contribution in [0.2, 0.25) is 0 Å². The van der Waals surface area contributed by atoms with E-state index in [-0.39, 0.29) is 56.0 Å². The van der Waals surface area contributed by atoms with Crippen LogP contribution < -0.4 is 31.6 Å². The highest BCUT2D eigenvalue weighted by atomic mass is 79.9. The van der Waals surface area contributed by atoms with Gasteiger partial charge in [0.15, 0.2) is 0 Å². The molecule has 6 N–H and O–H groups in total. The molecule has 0 aliphatic heterocycles. The SMILES string of the molecule is COc1c(C(N)=O)cc(Br)c(NCCCCNc2c(Br)cc(C(N)=O)c(OC)c2[N+](=O)[O-])c1[N+](=O)[O-]. The van der Waals surface area contributed by atoms with E-state index in [0.717, 1.165) is 0 Å². The average molecular weight is 634 g/mol. The Bertz CT molecular complexity index is 1130. The van der Waals surface area contributed by atoms with Crippen LogP contribution in [0.15, 0.2) is 21.1 Å². The fraction of sp³-hybridized carbons (Fsp3) is 0.300. The molecular weight excluding hydrogens is 612 g/mol. The summed E-state index contributed by atoms with van der Waals surface area (Å²) >= 11 is 6.43. The van der Waals surface area contributed by atoms with Gasteiger partial charge in [0.1, 0.15) is 11.4 Å². The van der Waals surface area contributed by atoms with Crippen molar-refractivity contribution in [1.29, 1.82) is 0 Å². The lowest BCUT2D eigenvalue weighted by Crippen LogP contribution is -2.16. The molecular formula is C20H22Br2N6O8. The smallest absolute Gasteiger partial charge is 0.335 e. The predicted octanol–water partition coefficient (Wildman–Crippen LogP) is 3.55. The summed E-state index contributed by atoms with van der Waals surface area (Å²) in [4.78, 5) is 45.3. The normalized spacial score (nSPS) is 10.4. The Morgan fingerprint density at radius 3 is 1.42 bits per heavy atom. The third-order valence-corrected chi connectivity index (χ3v) is 6.18. The Labute approximate surface area is 221 Å². The Morgan fingerprint density at radius 2 is 1.17 bits per heavy atom. The number of amides is 2. The quantitative estimate of drug-likeness (QED) is 0.143. The highest BCUT2D eigenvalue weighted by Gasteiger charge is 2.30. The number of nitrogens with zero attached hydrogens (tertiary/aromatic N) is 2. The number of anilines is 2. The molecule has 2 aromatic rings. The van der Waals surface area contributed by atoms with Crippen molar-refractivity contribution >= 4 is 66.4 Å². The van der Waals surface area contributed by atoms with Crippen molar-refractivity contribution in [2.24, 2.45) is 11.5 Å². The van der Waals surface area contributed by atoms with E-state index in [1.165, 1.54) is 26.4 Å². The molecule has 0 saturated carbocycles. The summed E-state index contributed by atoms with van der Waals surface area (Å²) in [7, 11) is 2.39. The molecule has 0 heterocycles. The van der Waals surface area contributed by atoms with Gasteiger partial charge in [0, 0.05) is 22.0 Å². The lowest BCUT2D eigenvalue weighted by atomic mass is 10.1. The zero-order chi connectivity index (χ0) is 27.2. The Kier molecular flexibility index (Phi) is 9.80. The number of ether oxygens (including phenoxy) is 2. The number of nitro groups is 2. The molecule has 0 aliphatic carbocycles. The van der Waals surface area contributed by atoms with Crippen molar-refractivity contribution in [2.45, 2.75) is 12.8 Å². The Morgan fingerprint density at radius 1 is 0.833 bits per heavy atom. The van der Waals surface area contributed by atoms with Gasteiger partial charge in [-0.25, -0.2) is 0 Å². The standard InChI is InChI=1S/C20H22Br2N6O8/c1-35-17-9(19(23)29)7-11(21)13(15(17)27(31)32)25-5-3-4-6-26-14-12(22)8-10(20(24)30)18(36-2)16(14)28(33)34/h7-8,25-26H,3-6H2,1-2H3,(H2,23,29)(H2,24,30). The second-order valence-corrected chi connectivity index (χ2v) is 8.84. The fourth-order valence-electron chi connectivity index (χ4n) is 3.38. The molecule has 194 valence electrons. The van der Waals surface area contributed by atoms with Gasteiger partial charge in [0.25, 0.3) is 11.8 Å². The van der Waals surface area contributed by atoms with Crippen LogP contribution in [0.3, 0.4) is 0 Å². The number of benzene rings is 2. The van der Waals surface area contributed by atoms with Crippen molar-refractivity contribution in [3.8, 4) is 11.5 Å². The Hall–Kier alpha value is -3.66. The van der Waals surface area contributed by atoms with E-state index >= 15 is 0 Å². The summed E-state index contributed by atoms with van der Waals surface area (Å²) in [5.74, 6) is -2.28. The molecule has 2 amide bonds. The molecule has 0 bridgehead atoms. The number of halogens is 2. The van der Waals surface area contributed by atoms with Crippen LogP contribution in [0.4, 0.5) is 22.7 Å². The van der Waals surface area contributed by atoms with Crippen LogP contribution in [0.25, 0.3) is 0 Å². The first kappa shape index (κ1) is 28.6. The number of nitrogens with one attached hydrogen (secondary N) is 2. The fourth-order valence-corrected chi connectivity index (χ4v) is 4.49. The molecule has 0 radical (unpaired) electrons. The van der Waals surface area contributed by atoms with Crippen LogP contribution in [-0.2, 0) is 0 Å². The highest BCUT2D eigenvalue weighted by Crippen LogP contribution is 2.44. The van der Waals surface area contributed by atoms with Crippen molar-refractivity contribution in [3.63, 3.8) is 0 Å². The maximum Gasteiger partial charge on any atom is 0.335 e. The minimum Gasteiger partial charge on any atom is -0.490 e. The molecule has 16 heteroatoms. The van der Waals surface area contributed by atoms with Crippen molar-refractivity contribution < 1.29 is 28.9 Å². The predicted molar refractivity (Wildman–Crippen MR) is 138 cm³/mol. The number of carbonyl (C=O) groups is 2. The number of nitro benzene ring substituents is 2. The lowest BCUT2D eigenvalue weighted by Gasteiger charge is -2.15. The summed E-state index contributed by atoms with van der Waals surface area (Å²) in [5, 5.41) is 29.2. The minimum atomic E-state index is -0.881. The molecule has 0 spiro atoms. The highest BCUT2D eigenvalue weighted by molar-refractivity contribution is 9.11. The van der Waals surface area contributed by atoms with Gasteiger partial charge in [-0.1, -0.05) is 0 Å². The van der Waals surface area contributed by atoms with Crippen LogP contribution >= 0.6 is 31.9 Å². The summed E-state index contributed by atoms with van der Waals surface area (Å²) in [6.45, 7) is 0.570. The number of primary amides is 2. The molecule has 0 fully saturated rings. The zero-order valence-corrected chi connectivity index (χ0v) is 22.2. The summed E-state index contributed by atoms with van der Waals surface area (Å²) < 4.78 is 10.6. The first-order chi connectivity index (χ1) is 17.0. The number of unbranched alkanes of at least 4 members (excludes halogenated alkanes) is 1. The van der Waals surface area contributed by atoms with Gasteiger partial charge in [-0.05, 0) is 56.8 Å². The molecule has 2 aromatic carbocycles. The van der Waals surface area contributed by atoms with Gasteiger partial charge >= 0.3 is 11.4 Å². The number of hydrogen-bond donors (Lipinski definition) is 4. The van der Waals surface area contributed by atoms with Crippen LogP contribution in [-0.4, -0.2) is 49.0 Å². The van der Waals surface area contributed by atoms with Gasteiger partial charge in [0.05, 0.1) is 35.2 Å². The van der Waals surface area contributed by atoms with Crippen LogP contribution in [0.5, 0.6) is 11.5 Å². The summed E-state index contributed by atoms with van der Waals surface area (Å²) in [6, 6.07) is 2.66. The van der Waals surface area contributed by atoms with E-state index in [1.54, 1.807) is 0 Å². The monoisotopic (exact) mass is 632 g/mol. The second-order valence-electron chi connectivity index (χ2n) is 7.13. The molecule has 0 saturated heterocycles. The van der Waals surface area contributed by atoms with Gasteiger partial charge in [-0.3, -0.25) is 29.8 Å². The summed E-state index contributed by atoms with van der Waals surface area (Å²) in [5.41, 5.74) is 9.64. The number of rotatable bonds is 13. The number of carbonyl (C=O) groups excluding carboxylic acids is 2. The first-order valence-electron chi connectivity index (χ1n) is 10.1. The third-order valence-electron chi connectivity index (χ3n) is 4.92. The Balaban J connectivity index is 2.14. The van der Waals surface area contributed by atoms with E-state index in [1.807, 2.05) is 0 Å². The molecule has 0 aliphatic rings. The molecule has 36 heavy (non-hydrogen) atoms. The second kappa shape index (κ2) is 12.3. The van der Waals surface area contributed by atoms with Crippen molar-refractivity contribution in [1.82, 2.24) is 0 Å². The number of nitrogens with two attached hydrogens (primary N) is 2. The van der Waals surface area contributed by atoms with E-state index in [9.17, 15) is 29.8 Å². The van der Waals surface area contributed by atoms with Gasteiger partial charge in [0.2, 0.25) is 11.5 Å². The van der Waals surface area contributed by atoms with Crippen LogP contribution in [0, 0.1) is 20.2 Å². The maximum absolute atomic E-state index is 11.7. The topological polar surface area (TPSA) is 215 Å². The maximum atomic E-state index is 11.7. The van der Waals surface area contributed by atoms with Crippen molar-refractivity contribution in [3.05, 3.63) is 52.4 Å². The van der Waals surface area contributed by atoms with E-state index in [4.69, 9.17) is 20.9 Å².